The molecule has 5 rings (SSSR count). The summed E-state index contributed by atoms with van der Waals surface area (Å²) >= 11 is 1.99. The Balaban J connectivity index is 1.61. The maximum Gasteiger partial charge on any atom is 0.349 e. The van der Waals surface area contributed by atoms with Crippen molar-refractivity contribution in [2.75, 3.05) is 20.3 Å². The number of hydrogen-bond acceptors (Lipinski definition) is 9. The first-order valence-electron chi connectivity index (χ1n) is 14.6. The van der Waals surface area contributed by atoms with E-state index in [1.54, 1.807) is 42.5 Å². The summed E-state index contributed by atoms with van der Waals surface area (Å²) in [6, 6.07) is 15.8. The van der Waals surface area contributed by atoms with Crippen LogP contribution in [0.15, 0.2) is 87.6 Å². The first kappa shape index (κ1) is 34.0. The molecule has 3 atom stereocenters. The zero-order valence-electron chi connectivity index (χ0n) is 25.2. The second-order valence-electron chi connectivity index (χ2n) is 10.8. The van der Waals surface area contributed by atoms with Gasteiger partial charge < -0.3 is 39.4 Å². The van der Waals surface area contributed by atoms with Crippen molar-refractivity contribution < 1.29 is 43.2 Å². The fourth-order valence-electron chi connectivity index (χ4n) is 5.41. The molecule has 4 N–H and O–H groups in total. The Labute approximate surface area is 282 Å². The second-order valence-corrected chi connectivity index (χ2v) is 12.0. The first-order valence-corrected chi connectivity index (χ1v) is 15.7. The smallest absolute Gasteiger partial charge is 0.349 e. The summed E-state index contributed by atoms with van der Waals surface area (Å²) in [5, 5.41) is 33.9. The van der Waals surface area contributed by atoms with Crippen molar-refractivity contribution in [3.63, 3.8) is 0 Å². The van der Waals surface area contributed by atoms with E-state index in [1.165, 1.54) is 37.5 Å². The molecule has 0 fully saturated rings. The van der Waals surface area contributed by atoms with Gasteiger partial charge in [-0.25, -0.2) is 9.18 Å². The number of fused-ring (bicyclic) bond motifs is 1. The third-order valence-corrected chi connectivity index (χ3v) is 8.57. The van der Waals surface area contributed by atoms with E-state index < -0.39 is 41.5 Å². The number of halogens is 2. The topological polar surface area (TPSA) is 159 Å². The number of rotatable bonds is 11. The molecule has 0 radical (unpaired) electrons. The summed E-state index contributed by atoms with van der Waals surface area (Å²) in [5.74, 6) is -1.59. The van der Waals surface area contributed by atoms with Crippen LogP contribution in [0, 0.1) is 9.39 Å². The molecule has 0 spiro atoms. The minimum absolute atomic E-state index is 0.0563. The van der Waals surface area contributed by atoms with Gasteiger partial charge in [0.2, 0.25) is 5.91 Å². The molecule has 0 bridgehead atoms. The van der Waals surface area contributed by atoms with E-state index in [0.717, 1.165) is 4.90 Å². The van der Waals surface area contributed by atoms with E-state index in [9.17, 15) is 29.7 Å². The fraction of sp³-hybridized carbons (Fsp3) is 0.265. The summed E-state index contributed by atoms with van der Waals surface area (Å²) in [4.78, 5) is 41.8. The molecule has 11 nitrogen and oxygen atoms in total. The Kier molecular flexibility index (Phi) is 10.9. The molecule has 246 valence electrons. The Morgan fingerprint density at radius 2 is 1.85 bits per heavy atom. The molecule has 4 aromatic rings. The molecule has 0 saturated carbocycles. The van der Waals surface area contributed by atoms with Crippen LogP contribution >= 0.6 is 22.6 Å². The standard InChI is InChI=1S/C34H32FIN2O9/c1-45-29-13-19(18-40)12-25(36)31(29)46-28-16-22(32(42)37-10-11-39)15-26(30(28)41)38(17-21-7-2-4-8-24(21)35)33(43)23-14-20-6-3-5-9-27(20)47-34(23)44/h2-9,12-14,16,26,28,30,39-41H,10-11,15,17-18H2,1H3,(H,37,42). The molecule has 0 saturated heterocycles. The van der Waals surface area contributed by atoms with Crippen LogP contribution in [0.3, 0.4) is 0 Å². The van der Waals surface area contributed by atoms with Crippen molar-refractivity contribution in [3.8, 4) is 11.5 Å². The predicted molar refractivity (Wildman–Crippen MR) is 177 cm³/mol. The van der Waals surface area contributed by atoms with E-state index in [4.69, 9.17) is 13.9 Å². The van der Waals surface area contributed by atoms with Crippen molar-refractivity contribution in [2.24, 2.45) is 0 Å². The van der Waals surface area contributed by atoms with Crippen LogP contribution in [0.1, 0.15) is 27.9 Å². The Hall–Kier alpha value is -4.31. The van der Waals surface area contributed by atoms with Crippen LogP contribution in [0.2, 0.25) is 0 Å². The lowest BCUT2D eigenvalue weighted by molar-refractivity contribution is -0.118. The molecule has 13 heteroatoms. The third-order valence-electron chi connectivity index (χ3n) is 7.77. The van der Waals surface area contributed by atoms with E-state index >= 15 is 4.39 Å². The summed E-state index contributed by atoms with van der Waals surface area (Å²) < 4.78 is 32.7. The van der Waals surface area contributed by atoms with Gasteiger partial charge in [-0.3, -0.25) is 9.59 Å². The molecule has 3 unspecified atom stereocenters. The van der Waals surface area contributed by atoms with Crippen LogP contribution < -0.4 is 20.4 Å². The molecule has 47 heavy (non-hydrogen) atoms. The summed E-state index contributed by atoms with van der Waals surface area (Å²) in [5.41, 5.74) is -0.228. The molecule has 1 aliphatic carbocycles. The van der Waals surface area contributed by atoms with Crippen LogP contribution in [-0.2, 0) is 17.9 Å². The zero-order valence-corrected chi connectivity index (χ0v) is 27.3. The van der Waals surface area contributed by atoms with Crippen LogP contribution in [0.5, 0.6) is 11.5 Å². The monoisotopic (exact) mass is 758 g/mol. The van der Waals surface area contributed by atoms with Gasteiger partial charge >= 0.3 is 5.63 Å². The number of ether oxygens (including phenoxy) is 2. The number of aliphatic hydroxyl groups excluding tert-OH is 3. The number of methoxy groups -OCH3 is 1. The minimum atomic E-state index is -1.49. The Morgan fingerprint density at radius 3 is 2.57 bits per heavy atom. The van der Waals surface area contributed by atoms with Crippen molar-refractivity contribution in [3.05, 3.63) is 115 Å². The molecule has 1 aliphatic rings. The lowest BCUT2D eigenvalue weighted by Gasteiger charge is -2.40. The van der Waals surface area contributed by atoms with Gasteiger partial charge in [-0.15, -0.1) is 0 Å². The number of benzene rings is 3. The lowest BCUT2D eigenvalue weighted by atomic mass is 9.87. The van der Waals surface area contributed by atoms with Gasteiger partial charge in [-0.2, -0.15) is 0 Å². The van der Waals surface area contributed by atoms with Crippen LogP contribution in [0.25, 0.3) is 11.0 Å². The SMILES string of the molecule is COc1cc(CO)cc(I)c1OC1C=C(C(=O)NCCO)CC(N(Cc2ccccc2F)C(=O)c2cc3ccccc3oc2=O)C1O. The zero-order chi connectivity index (χ0) is 33.7. The highest BCUT2D eigenvalue weighted by Gasteiger charge is 2.42. The predicted octanol–water partition coefficient (Wildman–Crippen LogP) is 3.30. The van der Waals surface area contributed by atoms with E-state index in [0.29, 0.717) is 14.5 Å². The number of hydrogen-bond donors (Lipinski definition) is 4. The van der Waals surface area contributed by atoms with E-state index in [2.05, 4.69) is 5.32 Å². The third kappa shape index (κ3) is 7.48. The number of para-hydroxylation sites is 1. The Bertz CT molecular complexity index is 1880. The number of nitrogens with one attached hydrogen (secondary N) is 1. The summed E-state index contributed by atoms with van der Waals surface area (Å²) in [6.45, 7) is -1.01. The average molecular weight is 759 g/mol. The maximum atomic E-state index is 15.0. The molecule has 1 heterocycles. The highest BCUT2D eigenvalue weighted by Crippen LogP contribution is 2.37. The van der Waals surface area contributed by atoms with Gasteiger partial charge in [0.05, 0.1) is 29.9 Å². The number of carbonyl (C=O) groups excluding carboxylic acids is 2. The summed E-state index contributed by atoms with van der Waals surface area (Å²) in [6.07, 6.45) is -1.52. The number of nitrogens with zero attached hydrogens (tertiary/aromatic N) is 1. The van der Waals surface area contributed by atoms with Gasteiger partial charge in [0.15, 0.2) is 11.5 Å². The van der Waals surface area contributed by atoms with Gasteiger partial charge in [-0.1, -0.05) is 36.4 Å². The lowest BCUT2D eigenvalue weighted by Crippen LogP contribution is -2.55. The van der Waals surface area contributed by atoms with Crippen molar-refractivity contribution in [1.29, 1.82) is 0 Å². The van der Waals surface area contributed by atoms with Gasteiger partial charge in [-0.05, 0) is 64.6 Å². The van der Waals surface area contributed by atoms with Gasteiger partial charge in [0.25, 0.3) is 5.91 Å². The van der Waals surface area contributed by atoms with Crippen molar-refractivity contribution >= 4 is 45.4 Å². The molecule has 1 aromatic heterocycles. The van der Waals surface area contributed by atoms with Crippen LogP contribution in [-0.4, -0.2) is 70.5 Å². The molecule has 3 aromatic carbocycles. The largest absolute Gasteiger partial charge is 0.493 e. The van der Waals surface area contributed by atoms with Crippen molar-refractivity contribution in [1.82, 2.24) is 10.2 Å². The van der Waals surface area contributed by atoms with Crippen molar-refractivity contribution in [2.45, 2.75) is 37.8 Å². The van der Waals surface area contributed by atoms with Gasteiger partial charge in [0.1, 0.15) is 29.2 Å². The quantitative estimate of drug-likeness (QED) is 0.133. The normalized spacial score (nSPS) is 17.6. The molecular formula is C34H32FIN2O9. The number of amides is 2. The maximum absolute atomic E-state index is 15.0. The van der Waals surface area contributed by atoms with Gasteiger partial charge in [0, 0.05) is 36.0 Å². The fourth-order valence-corrected chi connectivity index (χ4v) is 6.20. The molecule has 2 amide bonds. The molecule has 0 aliphatic heterocycles. The minimum Gasteiger partial charge on any atom is -0.493 e. The Morgan fingerprint density at radius 1 is 1.11 bits per heavy atom. The highest BCUT2D eigenvalue weighted by molar-refractivity contribution is 14.1. The highest BCUT2D eigenvalue weighted by atomic mass is 127. The van der Waals surface area contributed by atoms with E-state index in [1.807, 2.05) is 22.6 Å². The number of carbonyl (C=O) groups is 2. The van der Waals surface area contributed by atoms with Crippen LogP contribution in [0.4, 0.5) is 4.39 Å². The number of aliphatic hydroxyl groups is 3. The first-order chi connectivity index (χ1) is 22.6. The second kappa shape index (κ2) is 15.1. The van der Waals surface area contributed by atoms with E-state index in [-0.39, 0.29) is 66.5 Å². The summed E-state index contributed by atoms with van der Waals surface area (Å²) in [7, 11) is 1.41. The molecular weight excluding hydrogens is 726 g/mol. The average Bonchev–Trinajstić information content (AvgIpc) is 3.07.